The Hall–Kier alpha value is -3.74. The van der Waals surface area contributed by atoms with E-state index in [1.807, 2.05) is 24.3 Å². The third kappa shape index (κ3) is 2.69. The van der Waals surface area contributed by atoms with Crippen LogP contribution in [0, 0.1) is 5.82 Å². The number of carbonyl (C=O) groups excluding carboxylic acids is 1. The Morgan fingerprint density at radius 1 is 1.15 bits per heavy atom. The Morgan fingerprint density at radius 2 is 2.04 bits per heavy atom. The molecule has 6 nitrogen and oxygen atoms in total. The summed E-state index contributed by atoms with van der Waals surface area (Å²) in [5, 5.41) is 6.69. The number of hydrogen-bond donors (Lipinski definition) is 2. The molecule has 2 aromatic carbocycles. The van der Waals surface area contributed by atoms with Crippen LogP contribution in [-0.4, -0.2) is 15.9 Å². The second kappa shape index (κ2) is 5.91. The first-order valence-corrected chi connectivity index (χ1v) is 8.37. The molecule has 0 radical (unpaired) electrons. The second-order valence-electron chi connectivity index (χ2n) is 6.23. The molecule has 3 heterocycles. The second-order valence-corrected chi connectivity index (χ2v) is 6.23. The molecule has 0 bridgehead atoms. The van der Waals surface area contributed by atoms with Crippen LogP contribution in [0.25, 0.3) is 22.4 Å². The van der Waals surface area contributed by atoms with Crippen LogP contribution in [-0.2, 0) is 11.2 Å². The van der Waals surface area contributed by atoms with Crippen molar-refractivity contribution in [3.8, 4) is 11.5 Å². The molecule has 27 heavy (non-hydrogen) atoms. The molecular formula is C20H13FN4O2. The van der Waals surface area contributed by atoms with E-state index >= 15 is 0 Å². The summed E-state index contributed by atoms with van der Waals surface area (Å²) in [6, 6.07) is 13.5. The summed E-state index contributed by atoms with van der Waals surface area (Å²) in [7, 11) is 0. The highest BCUT2D eigenvalue weighted by molar-refractivity contribution is 6.08. The minimum Gasteiger partial charge on any atom is -0.452 e. The molecule has 1 aliphatic heterocycles. The van der Waals surface area contributed by atoms with Gasteiger partial charge in [-0.1, -0.05) is 18.2 Å². The molecule has 2 N–H and O–H groups in total. The van der Waals surface area contributed by atoms with E-state index in [9.17, 15) is 9.18 Å². The van der Waals surface area contributed by atoms with Crippen LogP contribution < -0.4 is 10.6 Å². The summed E-state index contributed by atoms with van der Waals surface area (Å²) in [5.41, 5.74) is 2.99. The zero-order chi connectivity index (χ0) is 18.4. The van der Waals surface area contributed by atoms with Crippen molar-refractivity contribution in [2.75, 3.05) is 10.6 Å². The smallest absolute Gasteiger partial charge is 0.229 e. The lowest BCUT2D eigenvalue weighted by Gasteiger charge is -2.08. The van der Waals surface area contributed by atoms with Gasteiger partial charge in [0.15, 0.2) is 5.76 Å². The molecule has 2 aromatic heterocycles. The summed E-state index contributed by atoms with van der Waals surface area (Å²) in [5.74, 6) is 0.266. The summed E-state index contributed by atoms with van der Waals surface area (Å²) in [4.78, 5) is 21.1. The van der Waals surface area contributed by atoms with E-state index in [0.29, 0.717) is 39.9 Å². The molecule has 0 aliphatic carbocycles. The molecule has 1 amide bonds. The quantitative estimate of drug-likeness (QED) is 0.558. The first-order chi connectivity index (χ1) is 13.2. The number of anilines is 3. The van der Waals surface area contributed by atoms with Gasteiger partial charge in [-0.3, -0.25) is 4.79 Å². The van der Waals surface area contributed by atoms with Crippen LogP contribution >= 0.6 is 0 Å². The number of nitrogens with zero attached hydrogens (tertiary/aromatic N) is 2. The number of carbonyl (C=O) groups is 1. The number of rotatable bonds is 2. The Kier molecular flexibility index (Phi) is 3.39. The Bertz CT molecular complexity index is 1200. The minimum absolute atomic E-state index is 0.147. The Labute approximate surface area is 153 Å². The van der Waals surface area contributed by atoms with Crippen LogP contribution in [0.1, 0.15) is 5.56 Å². The van der Waals surface area contributed by atoms with Gasteiger partial charge in [-0.05, 0) is 30.3 Å². The van der Waals surface area contributed by atoms with Gasteiger partial charge in [-0.15, -0.1) is 0 Å². The molecule has 0 fully saturated rings. The van der Waals surface area contributed by atoms with Crippen molar-refractivity contribution in [2.24, 2.45) is 0 Å². The zero-order valence-corrected chi connectivity index (χ0v) is 14.0. The summed E-state index contributed by atoms with van der Waals surface area (Å²) in [6.07, 6.45) is 1.74. The molecule has 1 aliphatic rings. The fourth-order valence-electron chi connectivity index (χ4n) is 3.18. The van der Waals surface area contributed by atoms with Crippen molar-refractivity contribution in [1.29, 1.82) is 0 Å². The van der Waals surface area contributed by atoms with Gasteiger partial charge in [0.05, 0.1) is 12.1 Å². The highest BCUT2D eigenvalue weighted by Crippen LogP contribution is 2.40. The number of amides is 1. The molecule has 0 atom stereocenters. The van der Waals surface area contributed by atoms with Gasteiger partial charge < -0.3 is 15.1 Å². The fourth-order valence-corrected chi connectivity index (χ4v) is 3.18. The third-order valence-electron chi connectivity index (χ3n) is 4.37. The van der Waals surface area contributed by atoms with Crippen LogP contribution in [0.2, 0.25) is 0 Å². The zero-order valence-electron chi connectivity index (χ0n) is 14.0. The van der Waals surface area contributed by atoms with Gasteiger partial charge in [-0.25, -0.2) is 14.4 Å². The van der Waals surface area contributed by atoms with E-state index in [2.05, 4.69) is 20.6 Å². The van der Waals surface area contributed by atoms with Crippen molar-refractivity contribution in [1.82, 2.24) is 9.97 Å². The van der Waals surface area contributed by atoms with E-state index in [1.54, 1.807) is 18.3 Å². The summed E-state index contributed by atoms with van der Waals surface area (Å²) >= 11 is 0. The van der Waals surface area contributed by atoms with Crippen LogP contribution in [0.4, 0.5) is 21.7 Å². The van der Waals surface area contributed by atoms with Crippen molar-refractivity contribution < 1.29 is 13.6 Å². The van der Waals surface area contributed by atoms with Gasteiger partial charge in [0.2, 0.25) is 11.9 Å². The van der Waals surface area contributed by atoms with E-state index in [4.69, 9.17) is 4.42 Å². The Morgan fingerprint density at radius 3 is 2.93 bits per heavy atom. The standard InChI is InChI=1S/C20H13FN4O2/c21-12-4-3-5-13(9-12)23-20-22-10-11-8-16(26)24-18-14-6-1-2-7-15(14)27-19(18)17(11)25-20/h1-7,9-10H,8H2,(H,24,26)(H,22,23,25). The van der Waals surface area contributed by atoms with Crippen LogP contribution in [0.5, 0.6) is 0 Å². The number of halogens is 1. The molecule has 7 heteroatoms. The molecule has 4 aromatic rings. The molecular weight excluding hydrogens is 347 g/mol. The first-order valence-electron chi connectivity index (χ1n) is 8.37. The normalized spacial score (nSPS) is 12.9. The monoisotopic (exact) mass is 360 g/mol. The topological polar surface area (TPSA) is 80.1 Å². The van der Waals surface area contributed by atoms with Crippen LogP contribution in [0.3, 0.4) is 0 Å². The number of nitrogens with one attached hydrogen (secondary N) is 2. The Balaban J connectivity index is 1.65. The minimum atomic E-state index is -0.357. The molecule has 0 unspecified atom stereocenters. The van der Waals surface area contributed by atoms with Crippen molar-refractivity contribution in [3.63, 3.8) is 0 Å². The van der Waals surface area contributed by atoms with E-state index in [1.165, 1.54) is 12.1 Å². The average molecular weight is 360 g/mol. The van der Waals surface area contributed by atoms with Gasteiger partial charge in [0.25, 0.3) is 0 Å². The third-order valence-corrected chi connectivity index (χ3v) is 4.37. The van der Waals surface area contributed by atoms with Crippen molar-refractivity contribution in [2.45, 2.75) is 6.42 Å². The molecule has 132 valence electrons. The maximum absolute atomic E-state index is 13.4. The lowest BCUT2D eigenvalue weighted by molar-refractivity contribution is -0.115. The van der Waals surface area contributed by atoms with Crippen molar-refractivity contribution in [3.05, 3.63) is 66.1 Å². The maximum Gasteiger partial charge on any atom is 0.229 e. The highest BCUT2D eigenvalue weighted by Gasteiger charge is 2.26. The number of fused-ring (bicyclic) bond motifs is 5. The molecule has 0 spiro atoms. The summed E-state index contributed by atoms with van der Waals surface area (Å²) < 4.78 is 19.4. The van der Waals surface area contributed by atoms with E-state index < -0.39 is 0 Å². The number of benzene rings is 2. The predicted molar refractivity (Wildman–Crippen MR) is 99.3 cm³/mol. The highest BCUT2D eigenvalue weighted by atomic mass is 19.1. The fraction of sp³-hybridized carbons (Fsp3) is 0.0500. The van der Waals surface area contributed by atoms with E-state index in [0.717, 1.165) is 5.39 Å². The van der Waals surface area contributed by atoms with Gasteiger partial charge in [0, 0.05) is 22.8 Å². The molecule has 0 saturated carbocycles. The predicted octanol–water partition coefficient (Wildman–Crippen LogP) is 4.27. The lowest BCUT2D eigenvalue weighted by Crippen LogP contribution is -2.12. The number of hydrogen-bond acceptors (Lipinski definition) is 5. The molecule has 5 rings (SSSR count). The summed E-state index contributed by atoms with van der Waals surface area (Å²) in [6.45, 7) is 0. The average Bonchev–Trinajstić information content (AvgIpc) is 2.95. The van der Waals surface area contributed by atoms with Gasteiger partial charge in [0.1, 0.15) is 17.1 Å². The van der Waals surface area contributed by atoms with Crippen molar-refractivity contribution >= 4 is 34.2 Å². The lowest BCUT2D eigenvalue weighted by atomic mass is 10.1. The van der Waals surface area contributed by atoms with E-state index in [-0.39, 0.29) is 18.1 Å². The number of furan rings is 1. The SMILES string of the molecule is O=C1Cc2cnc(Nc3cccc(F)c3)nc2-c2oc3ccccc3c2N1. The van der Waals surface area contributed by atoms with Gasteiger partial charge >= 0.3 is 0 Å². The molecule has 0 saturated heterocycles. The first kappa shape index (κ1) is 15.5. The maximum atomic E-state index is 13.4. The van der Waals surface area contributed by atoms with Gasteiger partial charge in [-0.2, -0.15) is 0 Å². The number of aromatic nitrogens is 2. The van der Waals surface area contributed by atoms with Crippen LogP contribution in [0.15, 0.2) is 59.1 Å². The number of para-hydroxylation sites is 1. The largest absolute Gasteiger partial charge is 0.452 e.